The molecule has 0 unspecified atom stereocenters. The number of hydrogen-bond donors (Lipinski definition) is 0. The van der Waals surface area contributed by atoms with Crippen molar-refractivity contribution in [2.75, 3.05) is 13.9 Å². The minimum atomic E-state index is -4.52. The highest BCUT2D eigenvalue weighted by Gasteiger charge is 2.31. The molecule has 1 aromatic heterocycles. The molecule has 0 amide bonds. The van der Waals surface area contributed by atoms with Gasteiger partial charge in [0.2, 0.25) is 5.69 Å². The van der Waals surface area contributed by atoms with Gasteiger partial charge in [-0.25, -0.2) is 9.48 Å². The first-order valence-electron chi connectivity index (χ1n) is 9.26. The van der Waals surface area contributed by atoms with Crippen LogP contribution < -0.4 is 9.47 Å². The highest BCUT2D eigenvalue weighted by atomic mass is 35.5. The number of rotatable bonds is 5. The van der Waals surface area contributed by atoms with Gasteiger partial charge in [-0.15, -0.1) is 0 Å². The van der Waals surface area contributed by atoms with E-state index in [1.54, 1.807) is 12.1 Å². The Hall–Kier alpha value is -3.24. The van der Waals surface area contributed by atoms with Crippen LogP contribution in [0, 0.1) is 0 Å². The zero-order chi connectivity index (χ0) is 22.9. The van der Waals surface area contributed by atoms with Crippen molar-refractivity contribution in [1.29, 1.82) is 0 Å². The van der Waals surface area contributed by atoms with Crippen molar-refractivity contribution in [2.24, 2.45) is 0 Å². The molecule has 168 valence electrons. The van der Waals surface area contributed by atoms with Gasteiger partial charge in [0.15, 0.2) is 12.5 Å². The largest absolute Gasteiger partial charge is 0.493 e. The summed E-state index contributed by atoms with van der Waals surface area (Å²) in [5.41, 5.74) is 0.337. The summed E-state index contributed by atoms with van der Waals surface area (Å²) in [5.74, 6) is -0.256. The van der Waals surface area contributed by atoms with Gasteiger partial charge in [0, 0.05) is 16.1 Å². The van der Waals surface area contributed by atoms with E-state index in [1.165, 1.54) is 25.4 Å². The average molecular weight is 469 g/mol. The van der Waals surface area contributed by atoms with Crippen molar-refractivity contribution in [3.05, 3.63) is 70.0 Å². The summed E-state index contributed by atoms with van der Waals surface area (Å²) < 4.78 is 61.4. The maximum atomic E-state index is 13.0. The number of fused-ring (bicyclic) bond motifs is 1. The third-order valence-electron chi connectivity index (χ3n) is 4.64. The highest BCUT2D eigenvalue weighted by molar-refractivity contribution is 6.30. The topological polar surface area (TPSA) is 71.8 Å². The molecule has 0 saturated carbocycles. The van der Waals surface area contributed by atoms with E-state index in [9.17, 15) is 18.0 Å². The van der Waals surface area contributed by atoms with Crippen LogP contribution >= 0.6 is 11.6 Å². The maximum Gasteiger partial charge on any atom is 0.416 e. The second-order valence-corrected chi connectivity index (χ2v) is 7.22. The van der Waals surface area contributed by atoms with Crippen LogP contribution in [0.5, 0.6) is 11.5 Å². The van der Waals surface area contributed by atoms with E-state index in [4.69, 9.17) is 30.5 Å². The first-order chi connectivity index (χ1) is 15.3. The lowest BCUT2D eigenvalue weighted by Gasteiger charge is -2.21. The Bertz CT molecular complexity index is 1160. The van der Waals surface area contributed by atoms with Crippen molar-refractivity contribution in [3.63, 3.8) is 0 Å². The van der Waals surface area contributed by atoms with Gasteiger partial charge in [-0.2, -0.15) is 18.3 Å². The monoisotopic (exact) mass is 468 g/mol. The van der Waals surface area contributed by atoms with Crippen molar-refractivity contribution in [3.8, 4) is 17.2 Å². The van der Waals surface area contributed by atoms with Crippen LogP contribution in [0.4, 0.5) is 13.2 Å². The van der Waals surface area contributed by atoms with Gasteiger partial charge >= 0.3 is 12.1 Å². The average Bonchev–Trinajstić information content (AvgIpc) is 3.21. The van der Waals surface area contributed by atoms with Crippen LogP contribution in [0.2, 0.25) is 5.02 Å². The smallest absolute Gasteiger partial charge is 0.416 e. The fraction of sp³-hybridized carbons (Fsp3) is 0.238. The molecule has 1 aliphatic rings. The summed E-state index contributed by atoms with van der Waals surface area (Å²) >= 11 is 6.11. The van der Waals surface area contributed by atoms with Crippen molar-refractivity contribution >= 4 is 17.6 Å². The van der Waals surface area contributed by atoms with Crippen LogP contribution in [-0.4, -0.2) is 29.7 Å². The van der Waals surface area contributed by atoms with Crippen LogP contribution in [0.15, 0.2) is 42.6 Å². The highest BCUT2D eigenvalue weighted by Crippen LogP contribution is 2.33. The van der Waals surface area contributed by atoms with Gasteiger partial charge in [0.05, 0.1) is 31.2 Å². The Kier molecular flexibility index (Phi) is 5.98. The summed E-state index contributed by atoms with van der Waals surface area (Å²) in [7, 11) is 1.31. The van der Waals surface area contributed by atoms with Crippen molar-refractivity contribution < 1.29 is 36.9 Å². The molecule has 3 aromatic rings. The van der Waals surface area contributed by atoms with Gasteiger partial charge in [0.25, 0.3) is 0 Å². The molecule has 1 aliphatic heterocycles. The molecule has 0 N–H and O–H groups in total. The first kappa shape index (κ1) is 22.0. The summed E-state index contributed by atoms with van der Waals surface area (Å²) in [6, 6.07) is 7.83. The molecular formula is C21H16ClF3N2O5. The minimum absolute atomic E-state index is 0.0465. The van der Waals surface area contributed by atoms with E-state index in [0.29, 0.717) is 22.9 Å². The number of halogens is 4. The number of ether oxygens (including phenoxy) is 4. The molecule has 4 rings (SSSR count). The molecule has 0 aliphatic carbocycles. The Balaban J connectivity index is 1.57. The van der Waals surface area contributed by atoms with Crippen LogP contribution in [0.3, 0.4) is 0 Å². The molecule has 0 atom stereocenters. The second-order valence-electron chi connectivity index (χ2n) is 6.78. The molecule has 0 spiro atoms. The van der Waals surface area contributed by atoms with E-state index in [0.717, 1.165) is 22.4 Å². The molecule has 2 aromatic carbocycles. The zero-order valence-electron chi connectivity index (χ0n) is 16.6. The number of aromatic nitrogens is 2. The molecule has 32 heavy (non-hydrogen) atoms. The van der Waals surface area contributed by atoms with Gasteiger partial charge in [0.1, 0.15) is 12.4 Å². The molecule has 0 fully saturated rings. The maximum absolute atomic E-state index is 13.0. The number of esters is 1. The van der Waals surface area contributed by atoms with Gasteiger partial charge in [-0.1, -0.05) is 17.7 Å². The Labute approximate surface area is 185 Å². The fourth-order valence-corrected chi connectivity index (χ4v) is 3.44. The molecule has 2 heterocycles. The third kappa shape index (κ3) is 4.51. The molecular weight excluding hydrogens is 453 g/mol. The molecule has 7 nitrogen and oxygen atoms in total. The van der Waals surface area contributed by atoms with E-state index in [2.05, 4.69) is 5.10 Å². The SMILES string of the molecule is COc1cn(-c2cccc(C(F)(F)F)c2)nc1C(=O)OCc1cc(Cl)cc2c1OCOC2. The number of methoxy groups -OCH3 is 1. The fourth-order valence-electron chi connectivity index (χ4n) is 3.18. The quantitative estimate of drug-likeness (QED) is 0.502. The third-order valence-corrected chi connectivity index (χ3v) is 4.86. The molecule has 11 heteroatoms. The Morgan fingerprint density at radius 1 is 1.28 bits per heavy atom. The summed E-state index contributed by atoms with van der Waals surface area (Å²) in [6.07, 6.45) is -3.22. The minimum Gasteiger partial charge on any atom is -0.493 e. The number of alkyl halides is 3. The summed E-state index contributed by atoms with van der Waals surface area (Å²) in [5, 5.41) is 4.49. The number of nitrogens with zero attached hydrogens (tertiary/aromatic N) is 2. The van der Waals surface area contributed by atoms with Crippen LogP contribution in [0.25, 0.3) is 5.69 Å². The lowest BCUT2D eigenvalue weighted by Crippen LogP contribution is -2.15. The van der Waals surface area contributed by atoms with Crippen LogP contribution in [0.1, 0.15) is 27.2 Å². The normalized spacial score (nSPS) is 13.3. The van der Waals surface area contributed by atoms with E-state index < -0.39 is 17.7 Å². The first-order valence-corrected chi connectivity index (χ1v) is 9.64. The Morgan fingerprint density at radius 2 is 2.09 bits per heavy atom. The second kappa shape index (κ2) is 8.71. The number of benzene rings is 2. The lowest BCUT2D eigenvalue weighted by molar-refractivity contribution is -0.137. The van der Waals surface area contributed by atoms with Gasteiger partial charge in [-0.3, -0.25) is 0 Å². The predicted molar refractivity (Wildman–Crippen MR) is 106 cm³/mol. The number of hydrogen-bond acceptors (Lipinski definition) is 6. The predicted octanol–water partition coefficient (Wildman–Crippen LogP) is 4.78. The molecule has 0 saturated heterocycles. The van der Waals surface area contributed by atoms with Crippen molar-refractivity contribution in [1.82, 2.24) is 9.78 Å². The van der Waals surface area contributed by atoms with E-state index in [-0.39, 0.29) is 30.5 Å². The van der Waals surface area contributed by atoms with Gasteiger partial charge < -0.3 is 18.9 Å². The standard InChI is InChI=1S/C21H16ClF3N2O5/c1-29-17-8-27(16-4-2-3-14(7-16)21(23,24)25)26-18(17)20(28)31-10-13-6-15(22)5-12-9-30-11-32-19(12)13/h2-8H,9-11H2,1H3. The number of carbonyl (C=O) groups is 1. The molecule has 0 radical (unpaired) electrons. The summed E-state index contributed by atoms with van der Waals surface area (Å²) in [6.45, 7) is 0.207. The van der Waals surface area contributed by atoms with Gasteiger partial charge in [-0.05, 0) is 30.3 Å². The van der Waals surface area contributed by atoms with Crippen LogP contribution in [-0.2, 0) is 28.9 Å². The Morgan fingerprint density at radius 3 is 2.84 bits per heavy atom. The number of carbonyl (C=O) groups excluding carboxylic acids is 1. The van der Waals surface area contributed by atoms with Crippen molar-refractivity contribution in [2.45, 2.75) is 19.4 Å². The lowest BCUT2D eigenvalue weighted by atomic mass is 10.1. The van der Waals surface area contributed by atoms with E-state index >= 15 is 0 Å². The van der Waals surface area contributed by atoms with E-state index in [1.807, 2.05) is 0 Å². The molecule has 0 bridgehead atoms. The summed E-state index contributed by atoms with van der Waals surface area (Å²) in [4.78, 5) is 12.7. The zero-order valence-corrected chi connectivity index (χ0v) is 17.4.